The van der Waals surface area contributed by atoms with Crippen LogP contribution in [-0.4, -0.2) is 4.40 Å². The molecule has 0 aliphatic heterocycles. The molecule has 46 heavy (non-hydrogen) atoms. The molecule has 2 heterocycles. The Kier molecular flexibility index (Phi) is 5.31. The second kappa shape index (κ2) is 9.69. The van der Waals surface area contributed by atoms with Crippen LogP contribution in [0.15, 0.2) is 170 Å². The lowest BCUT2D eigenvalue weighted by Crippen LogP contribution is -2.11. The average Bonchev–Trinajstić information content (AvgIpc) is 3.64. The zero-order valence-corrected chi connectivity index (χ0v) is 25.1. The van der Waals surface area contributed by atoms with Crippen molar-refractivity contribution in [2.75, 3.05) is 4.90 Å². The number of hydrogen-bond acceptors (Lipinski definition) is 1. The van der Waals surface area contributed by atoms with Gasteiger partial charge in [-0.2, -0.15) is 0 Å². The molecule has 0 radical (unpaired) electrons. The molecule has 0 N–H and O–H groups in total. The number of anilines is 3. The molecule has 0 saturated carbocycles. The third-order valence-corrected chi connectivity index (χ3v) is 9.70. The van der Waals surface area contributed by atoms with Crippen molar-refractivity contribution in [1.82, 2.24) is 4.40 Å². The number of hydrogen-bond donors (Lipinski definition) is 0. The number of aromatic nitrogens is 1. The Hall–Kier alpha value is -6.12. The largest absolute Gasteiger partial charge is 0.309 e. The molecule has 0 bridgehead atoms. The molecule has 0 atom stereocenters. The maximum Gasteiger partial charge on any atom is 0.0620 e. The Labute approximate surface area is 266 Å². The number of nitrogens with zero attached hydrogens (tertiary/aromatic N) is 2. The SMILES string of the molecule is c1ccc2c(N(c3ccc(-c4ccc5c6cccc7c8ccccc8n(c5c4)c76)cc3)c3cccc4ccccc34)cccc2c1. The van der Waals surface area contributed by atoms with E-state index in [1.807, 2.05) is 0 Å². The summed E-state index contributed by atoms with van der Waals surface area (Å²) < 4.78 is 2.45. The lowest BCUT2D eigenvalue weighted by atomic mass is 10.0. The van der Waals surface area contributed by atoms with E-state index in [4.69, 9.17) is 0 Å². The van der Waals surface area contributed by atoms with Crippen molar-refractivity contribution >= 4 is 76.7 Å². The Morgan fingerprint density at radius 3 is 1.52 bits per heavy atom. The molecule has 2 aromatic heterocycles. The molecule has 8 aromatic carbocycles. The highest BCUT2D eigenvalue weighted by molar-refractivity contribution is 6.23. The van der Waals surface area contributed by atoms with Crippen LogP contribution in [0.2, 0.25) is 0 Å². The quantitative estimate of drug-likeness (QED) is 0.200. The van der Waals surface area contributed by atoms with Crippen molar-refractivity contribution in [3.63, 3.8) is 0 Å². The summed E-state index contributed by atoms with van der Waals surface area (Å²) in [5.74, 6) is 0. The van der Waals surface area contributed by atoms with Crippen molar-refractivity contribution in [2.45, 2.75) is 0 Å². The van der Waals surface area contributed by atoms with Gasteiger partial charge in [-0.05, 0) is 58.3 Å². The maximum absolute atomic E-state index is 2.45. The fourth-order valence-electron chi connectivity index (χ4n) is 7.63. The van der Waals surface area contributed by atoms with Crippen LogP contribution in [0.3, 0.4) is 0 Å². The third kappa shape index (κ3) is 3.59. The van der Waals surface area contributed by atoms with Gasteiger partial charge in [-0.15, -0.1) is 0 Å². The lowest BCUT2D eigenvalue weighted by molar-refractivity contribution is 1.31. The smallest absolute Gasteiger partial charge is 0.0620 e. The van der Waals surface area contributed by atoms with Crippen molar-refractivity contribution in [3.8, 4) is 11.1 Å². The Morgan fingerprint density at radius 1 is 0.348 bits per heavy atom. The van der Waals surface area contributed by atoms with Crippen molar-refractivity contribution < 1.29 is 0 Å². The van der Waals surface area contributed by atoms with Gasteiger partial charge in [0.15, 0.2) is 0 Å². The molecule has 2 nitrogen and oxygen atoms in total. The summed E-state index contributed by atoms with van der Waals surface area (Å²) in [7, 11) is 0. The van der Waals surface area contributed by atoms with Crippen LogP contribution in [0.4, 0.5) is 17.1 Å². The van der Waals surface area contributed by atoms with Gasteiger partial charge in [-0.1, -0.05) is 133 Å². The van der Waals surface area contributed by atoms with E-state index in [1.165, 1.54) is 82.1 Å². The first-order valence-electron chi connectivity index (χ1n) is 15.9. The first-order valence-corrected chi connectivity index (χ1v) is 15.9. The summed E-state index contributed by atoms with van der Waals surface area (Å²) in [6.45, 7) is 0. The van der Waals surface area contributed by atoms with Crippen LogP contribution in [0.5, 0.6) is 0 Å². The molecule has 0 fully saturated rings. The Morgan fingerprint density at radius 2 is 0.848 bits per heavy atom. The maximum atomic E-state index is 2.45. The van der Waals surface area contributed by atoms with Crippen LogP contribution in [0.1, 0.15) is 0 Å². The van der Waals surface area contributed by atoms with Crippen LogP contribution >= 0.6 is 0 Å². The Bertz CT molecular complexity index is 2660. The van der Waals surface area contributed by atoms with Crippen molar-refractivity contribution in [3.05, 3.63) is 170 Å². The summed E-state index contributed by atoms with van der Waals surface area (Å²) in [4.78, 5) is 2.41. The van der Waals surface area contributed by atoms with Crippen LogP contribution < -0.4 is 4.90 Å². The summed E-state index contributed by atoms with van der Waals surface area (Å²) in [5, 5.41) is 10.1. The van der Waals surface area contributed by atoms with Gasteiger partial charge in [-0.25, -0.2) is 0 Å². The molecule has 214 valence electrons. The summed E-state index contributed by atoms with van der Waals surface area (Å²) in [6, 6.07) is 62.0. The highest BCUT2D eigenvalue weighted by Crippen LogP contribution is 2.43. The van der Waals surface area contributed by atoms with E-state index in [0.29, 0.717) is 0 Å². The second-order valence-electron chi connectivity index (χ2n) is 12.2. The van der Waals surface area contributed by atoms with Crippen molar-refractivity contribution in [1.29, 1.82) is 0 Å². The topological polar surface area (TPSA) is 7.65 Å². The van der Waals surface area contributed by atoms with Gasteiger partial charge in [0.25, 0.3) is 0 Å². The zero-order chi connectivity index (χ0) is 30.2. The van der Waals surface area contributed by atoms with Gasteiger partial charge in [0.05, 0.1) is 27.9 Å². The Balaban J connectivity index is 1.15. The first-order chi connectivity index (χ1) is 22.8. The van der Waals surface area contributed by atoms with Crippen LogP contribution in [-0.2, 0) is 0 Å². The molecule has 10 rings (SSSR count). The van der Waals surface area contributed by atoms with Gasteiger partial charge in [0, 0.05) is 38.0 Å². The lowest BCUT2D eigenvalue weighted by Gasteiger charge is -2.28. The molecule has 0 aliphatic rings. The molecule has 0 amide bonds. The summed E-state index contributed by atoms with van der Waals surface area (Å²) >= 11 is 0. The monoisotopic (exact) mass is 584 g/mol. The molecule has 0 spiro atoms. The predicted molar refractivity (Wildman–Crippen MR) is 196 cm³/mol. The minimum atomic E-state index is 1.13. The standard InChI is InChI=1S/C44H28N2/c1-3-14-34-30(10-1)12-7-20-40(34)45(41-21-8-13-31-11-2-4-15-35(31)41)33-25-22-29(23-26-33)32-24-27-37-39-18-9-17-38-36-16-5-6-19-42(36)46(44(38)39)43(37)28-32/h1-28H. The normalized spacial score (nSPS) is 11.9. The van der Waals surface area contributed by atoms with Crippen molar-refractivity contribution in [2.24, 2.45) is 0 Å². The van der Waals surface area contributed by atoms with Crippen LogP contribution in [0.25, 0.3) is 70.8 Å². The number of rotatable bonds is 4. The number of para-hydroxylation sites is 2. The van der Waals surface area contributed by atoms with Gasteiger partial charge >= 0.3 is 0 Å². The third-order valence-electron chi connectivity index (χ3n) is 9.70. The molecule has 0 unspecified atom stereocenters. The number of benzene rings is 8. The minimum Gasteiger partial charge on any atom is -0.309 e. The minimum absolute atomic E-state index is 1.13. The number of fused-ring (bicyclic) bond motifs is 8. The van der Waals surface area contributed by atoms with E-state index >= 15 is 0 Å². The fourth-order valence-corrected chi connectivity index (χ4v) is 7.63. The highest BCUT2D eigenvalue weighted by Gasteiger charge is 2.19. The molecule has 0 aliphatic carbocycles. The van der Waals surface area contributed by atoms with Gasteiger partial charge in [0.2, 0.25) is 0 Å². The van der Waals surface area contributed by atoms with E-state index in [9.17, 15) is 0 Å². The molecule has 0 saturated heterocycles. The summed E-state index contributed by atoms with van der Waals surface area (Å²) in [5.41, 5.74) is 9.70. The van der Waals surface area contributed by atoms with E-state index in [1.54, 1.807) is 0 Å². The van der Waals surface area contributed by atoms with E-state index in [0.717, 1.165) is 5.69 Å². The molecule has 2 heteroatoms. The van der Waals surface area contributed by atoms with Crippen LogP contribution in [0, 0.1) is 0 Å². The van der Waals surface area contributed by atoms with Gasteiger partial charge in [-0.3, -0.25) is 0 Å². The molecule has 10 aromatic rings. The fraction of sp³-hybridized carbons (Fsp3) is 0. The first kappa shape index (κ1) is 25.2. The summed E-state index contributed by atoms with van der Waals surface area (Å²) in [6.07, 6.45) is 0. The predicted octanol–water partition coefficient (Wildman–Crippen LogP) is 12.3. The van der Waals surface area contributed by atoms with E-state index in [-0.39, 0.29) is 0 Å². The average molecular weight is 585 g/mol. The molecular formula is C44H28N2. The van der Waals surface area contributed by atoms with Gasteiger partial charge in [0.1, 0.15) is 0 Å². The van der Waals surface area contributed by atoms with E-state index in [2.05, 4.69) is 179 Å². The second-order valence-corrected chi connectivity index (χ2v) is 12.2. The zero-order valence-electron chi connectivity index (χ0n) is 25.1. The highest BCUT2D eigenvalue weighted by atomic mass is 15.1. The van der Waals surface area contributed by atoms with E-state index < -0.39 is 0 Å². The molecular weight excluding hydrogens is 556 g/mol. The van der Waals surface area contributed by atoms with Gasteiger partial charge < -0.3 is 9.30 Å².